The minimum atomic E-state index is -1.31. The molecule has 0 bridgehead atoms. The highest BCUT2D eigenvalue weighted by atomic mass is 16.6. The van der Waals surface area contributed by atoms with Gasteiger partial charge in [-0.1, -0.05) is 6.08 Å². The first-order chi connectivity index (χ1) is 4.66. The van der Waals surface area contributed by atoms with Crippen molar-refractivity contribution < 1.29 is 14.9 Å². The molecular formula is C7H10O3. The molecule has 0 heterocycles. The Morgan fingerprint density at radius 3 is 2.80 bits per heavy atom. The van der Waals surface area contributed by atoms with Crippen molar-refractivity contribution in [1.82, 2.24) is 0 Å². The molecule has 3 heteroatoms. The van der Waals surface area contributed by atoms with E-state index in [2.05, 4.69) is 0 Å². The van der Waals surface area contributed by atoms with Crippen molar-refractivity contribution in [1.29, 1.82) is 0 Å². The maximum absolute atomic E-state index is 9.34. The van der Waals surface area contributed by atoms with Crippen LogP contribution in [-0.2, 0) is 4.74 Å². The fourth-order valence-corrected chi connectivity index (χ4v) is 0.827. The van der Waals surface area contributed by atoms with Crippen molar-refractivity contribution in [2.75, 3.05) is 7.11 Å². The zero-order chi connectivity index (χ0) is 7.61. The van der Waals surface area contributed by atoms with Gasteiger partial charge in [0.1, 0.15) is 0 Å². The highest BCUT2D eigenvalue weighted by molar-refractivity contribution is 5.18. The predicted octanol–water partition coefficient (Wildman–Crippen LogP) is 0.723. The van der Waals surface area contributed by atoms with E-state index in [1.54, 1.807) is 6.08 Å². The van der Waals surface area contributed by atoms with E-state index in [4.69, 9.17) is 9.84 Å². The first-order valence-corrected chi connectivity index (χ1v) is 3.01. The van der Waals surface area contributed by atoms with Gasteiger partial charge in [0.05, 0.1) is 12.2 Å². The molecule has 1 aliphatic carbocycles. The van der Waals surface area contributed by atoms with E-state index >= 15 is 0 Å². The van der Waals surface area contributed by atoms with Crippen LogP contribution in [0.15, 0.2) is 24.0 Å². The molecule has 1 rings (SSSR count). The first-order valence-electron chi connectivity index (χ1n) is 3.01. The number of aliphatic hydroxyl groups is 2. The number of aliphatic hydroxyl groups excluding tert-OH is 1. The second kappa shape index (κ2) is 2.44. The SMILES string of the molecule is COC1(O)C=CC=C(O)C1. The van der Waals surface area contributed by atoms with Crippen LogP contribution in [0.1, 0.15) is 6.42 Å². The van der Waals surface area contributed by atoms with E-state index in [0.717, 1.165) is 0 Å². The first kappa shape index (κ1) is 7.31. The molecule has 56 valence electrons. The largest absolute Gasteiger partial charge is 0.512 e. The predicted molar refractivity (Wildman–Crippen MR) is 36.4 cm³/mol. The average molecular weight is 142 g/mol. The molecule has 0 aromatic carbocycles. The molecule has 0 saturated heterocycles. The Balaban J connectivity index is 2.71. The molecule has 1 atom stereocenters. The molecule has 3 nitrogen and oxygen atoms in total. The normalized spacial score (nSPS) is 32.0. The number of ether oxygens (including phenoxy) is 1. The van der Waals surface area contributed by atoms with Crippen molar-refractivity contribution in [3.63, 3.8) is 0 Å². The summed E-state index contributed by atoms with van der Waals surface area (Å²) in [6, 6.07) is 0. The van der Waals surface area contributed by atoms with E-state index in [9.17, 15) is 5.11 Å². The monoisotopic (exact) mass is 142 g/mol. The average Bonchev–Trinajstić information content (AvgIpc) is 1.88. The molecule has 1 unspecified atom stereocenters. The molecule has 1 aliphatic rings. The van der Waals surface area contributed by atoms with Crippen LogP contribution in [-0.4, -0.2) is 23.1 Å². The lowest BCUT2D eigenvalue weighted by Crippen LogP contribution is -2.30. The van der Waals surface area contributed by atoms with Crippen LogP contribution >= 0.6 is 0 Å². The number of allylic oxidation sites excluding steroid dienone is 2. The maximum Gasteiger partial charge on any atom is 0.192 e. The van der Waals surface area contributed by atoms with Crippen molar-refractivity contribution >= 4 is 0 Å². The number of hydrogen-bond acceptors (Lipinski definition) is 3. The standard InChI is InChI=1S/C7H10O3/c1-10-7(9)4-2-3-6(8)5-7/h2-4,8-9H,5H2,1H3. The molecule has 0 radical (unpaired) electrons. The third-order valence-corrected chi connectivity index (χ3v) is 1.43. The van der Waals surface area contributed by atoms with Crippen LogP contribution in [0.3, 0.4) is 0 Å². The Bertz CT molecular complexity index is 183. The van der Waals surface area contributed by atoms with E-state index < -0.39 is 5.79 Å². The van der Waals surface area contributed by atoms with Gasteiger partial charge in [-0.15, -0.1) is 0 Å². The molecule has 2 N–H and O–H groups in total. The molecule has 0 saturated carbocycles. The minimum Gasteiger partial charge on any atom is -0.512 e. The van der Waals surface area contributed by atoms with E-state index in [-0.39, 0.29) is 12.2 Å². The van der Waals surface area contributed by atoms with Crippen LogP contribution in [0.4, 0.5) is 0 Å². The molecule has 0 fully saturated rings. The fourth-order valence-electron chi connectivity index (χ4n) is 0.827. The highest BCUT2D eigenvalue weighted by Crippen LogP contribution is 2.21. The number of rotatable bonds is 1. The highest BCUT2D eigenvalue weighted by Gasteiger charge is 2.25. The summed E-state index contributed by atoms with van der Waals surface area (Å²) in [4.78, 5) is 0. The zero-order valence-corrected chi connectivity index (χ0v) is 5.74. The Hall–Kier alpha value is -0.800. The third kappa shape index (κ3) is 1.37. The lowest BCUT2D eigenvalue weighted by molar-refractivity contribution is -0.149. The molecule has 10 heavy (non-hydrogen) atoms. The summed E-state index contributed by atoms with van der Waals surface area (Å²) in [5.74, 6) is -1.18. The molecule has 0 amide bonds. The van der Waals surface area contributed by atoms with Crippen LogP contribution in [0.25, 0.3) is 0 Å². The van der Waals surface area contributed by atoms with Crippen LogP contribution in [0.5, 0.6) is 0 Å². The summed E-state index contributed by atoms with van der Waals surface area (Å²) in [6.07, 6.45) is 4.70. The topological polar surface area (TPSA) is 49.7 Å². The summed E-state index contributed by atoms with van der Waals surface area (Å²) in [7, 11) is 1.39. The van der Waals surface area contributed by atoms with E-state index in [1.165, 1.54) is 19.3 Å². The lowest BCUT2D eigenvalue weighted by Gasteiger charge is -2.23. The summed E-state index contributed by atoms with van der Waals surface area (Å²) >= 11 is 0. The molecule has 0 aromatic rings. The van der Waals surface area contributed by atoms with Crippen molar-refractivity contribution in [3.8, 4) is 0 Å². The molecule has 0 spiro atoms. The van der Waals surface area contributed by atoms with E-state index in [0.29, 0.717) is 0 Å². The second-order valence-corrected chi connectivity index (χ2v) is 2.24. The smallest absolute Gasteiger partial charge is 0.192 e. The Kier molecular flexibility index (Phi) is 1.78. The second-order valence-electron chi connectivity index (χ2n) is 2.24. The van der Waals surface area contributed by atoms with Crippen molar-refractivity contribution in [2.45, 2.75) is 12.2 Å². The van der Waals surface area contributed by atoms with Crippen LogP contribution < -0.4 is 0 Å². The van der Waals surface area contributed by atoms with Gasteiger partial charge in [-0.25, -0.2) is 0 Å². The van der Waals surface area contributed by atoms with Crippen molar-refractivity contribution in [3.05, 3.63) is 24.0 Å². The fraction of sp³-hybridized carbons (Fsp3) is 0.429. The van der Waals surface area contributed by atoms with Crippen LogP contribution in [0.2, 0.25) is 0 Å². The lowest BCUT2D eigenvalue weighted by atomic mass is 10.1. The molecular weight excluding hydrogens is 132 g/mol. The summed E-state index contributed by atoms with van der Waals surface area (Å²) in [5.41, 5.74) is 0. The van der Waals surface area contributed by atoms with Gasteiger partial charge >= 0.3 is 0 Å². The van der Waals surface area contributed by atoms with Gasteiger partial charge in [0.15, 0.2) is 5.79 Å². The van der Waals surface area contributed by atoms with Gasteiger partial charge in [-0.3, -0.25) is 0 Å². The van der Waals surface area contributed by atoms with Crippen LogP contribution in [0, 0.1) is 0 Å². The van der Waals surface area contributed by atoms with Gasteiger partial charge in [-0.2, -0.15) is 0 Å². The van der Waals surface area contributed by atoms with E-state index in [1.807, 2.05) is 0 Å². The van der Waals surface area contributed by atoms with Crippen molar-refractivity contribution in [2.24, 2.45) is 0 Å². The third-order valence-electron chi connectivity index (χ3n) is 1.43. The Morgan fingerprint density at radius 1 is 1.70 bits per heavy atom. The van der Waals surface area contributed by atoms with Gasteiger partial charge < -0.3 is 14.9 Å². The quantitative estimate of drug-likeness (QED) is 0.530. The number of methoxy groups -OCH3 is 1. The minimum absolute atomic E-state index is 0.125. The number of hydrogen-bond donors (Lipinski definition) is 2. The molecule has 0 aliphatic heterocycles. The summed E-state index contributed by atoms with van der Waals surface area (Å²) < 4.78 is 4.72. The Labute approximate surface area is 59.2 Å². The van der Waals surface area contributed by atoms with Gasteiger partial charge in [0, 0.05) is 7.11 Å². The van der Waals surface area contributed by atoms with Gasteiger partial charge in [-0.05, 0) is 12.2 Å². The Morgan fingerprint density at radius 2 is 2.40 bits per heavy atom. The van der Waals surface area contributed by atoms with Gasteiger partial charge in [0.2, 0.25) is 0 Å². The summed E-state index contributed by atoms with van der Waals surface area (Å²) in [6.45, 7) is 0. The zero-order valence-electron chi connectivity index (χ0n) is 5.74. The molecule has 0 aromatic heterocycles. The summed E-state index contributed by atoms with van der Waals surface area (Å²) in [5, 5.41) is 18.3. The van der Waals surface area contributed by atoms with Gasteiger partial charge in [0.25, 0.3) is 0 Å². The maximum atomic E-state index is 9.34.